The standard InChI is InChI=1S/C43H33NS/c1-2-9-31(10-3-1)44(32-21-18-29(19-22-32)34-13-8-14-38-37-12-5-7-16-41(37)45-42(34)38)33-23-24-36-35-11-4-6-15-39(35)43(40(36)26-33)27-28-17-20-30(43)25-28/h1-16,18-19,21-24,26,28,30H,17,20,25,27H2. The summed E-state index contributed by atoms with van der Waals surface area (Å²) in [4.78, 5) is 2.45. The minimum absolute atomic E-state index is 0.167. The number of hydrogen-bond donors (Lipinski definition) is 0. The quantitative estimate of drug-likeness (QED) is 0.196. The summed E-state index contributed by atoms with van der Waals surface area (Å²) in [6.07, 6.45) is 5.45. The second-order valence-corrected chi connectivity index (χ2v) is 14.4. The van der Waals surface area contributed by atoms with Crippen LogP contribution in [0.4, 0.5) is 17.1 Å². The second kappa shape index (κ2) is 9.67. The lowest BCUT2D eigenvalue weighted by Gasteiger charge is -2.37. The van der Waals surface area contributed by atoms with Crippen molar-refractivity contribution in [2.24, 2.45) is 11.8 Å². The van der Waals surface area contributed by atoms with Gasteiger partial charge in [-0.1, -0.05) is 103 Å². The largest absolute Gasteiger partial charge is 0.310 e. The van der Waals surface area contributed by atoms with E-state index in [0.717, 1.165) is 11.8 Å². The lowest BCUT2D eigenvalue weighted by atomic mass is 9.67. The highest BCUT2D eigenvalue weighted by Crippen LogP contribution is 2.66. The molecule has 3 atom stereocenters. The van der Waals surface area contributed by atoms with Crippen LogP contribution >= 0.6 is 11.3 Å². The Hall–Kier alpha value is -4.66. The van der Waals surface area contributed by atoms with Crippen LogP contribution in [0.2, 0.25) is 0 Å². The van der Waals surface area contributed by atoms with Crippen LogP contribution in [0.25, 0.3) is 42.4 Å². The smallest absolute Gasteiger partial charge is 0.0465 e. The minimum atomic E-state index is 0.167. The first-order chi connectivity index (χ1) is 22.3. The molecule has 216 valence electrons. The molecule has 0 N–H and O–H groups in total. The number of hydrogen-bond acceptors (Lipinski definition) is 2. The molecular weight excluding hydrogens is 563 g/mol. The fourth-order valence-corrected chi connectivity index (χ4v) is 10.5. The van der Waals surface area contributed by atoms with E-state index in [-0.39, 0.29) is 5.41 Å². The van der Waals surface area contributed by atoms with E-state index < -0.39 is 0 Å². The molecule has 2 heteroatoms. The first-order valence-electron chi connectivity index (χ1n) is 16.4. The highest BCUT2D eigenvalue weighted by molar-refractivity contribution is 7.26. The third-order valence-electron chi connectivity index (χ3n) is 11.1. The van der Waals surface area contributed by atoms with E-state index in [2.05, 4.69) is 144 Å². The molecule has 6 aromatic carbocycles. The predicted molar refractivity (Wildman–Crippen MR) is 191 cm³/mol. The van der Waals surface area contributed by atoms with Gasteiger partial charge in [-0.15, -0.1) is 11.3 Å². The second-order valence-electron chi connectivity index (χ2n) is 13.3. The fraction of sp³-hybridized carbons (Fsp3) is 0.163. The van der Waals surface area contributed by atoms with Crippen molar-refractivity contribution in [1.82, 2.24) is 0 Å². The van der Waals surface area contributed by atoms with Gasteiger partial charge in [0.2, 0.25) is 0 Å². The van der Waals surface area contributed by atoms with E-state index in [1.165, 1.54) is 85.2 Å². The minimum Gasteiger partial charge on any atom is -0.310 e. The third-order valence-corrected chi connectivity index (χ3v) is 12.4. The first kappa shape index (κ1) is 25.6. The monoisotopic (exact) mass is 595 g/mol. The molecule has 1 aromatic heterocycles. The summed E-state index contributed by atoms with van der Waals surface area (Å²) in [7, 11) is 0. The number of anilines is 3. The molecule has 0 aliphatic heterocycles. The summed E-state index contributed by atoms with van der Waals surface area (Å²) in [5.41, 5.74) is 12.4. The molecule has 2 bridgehead atoms. The van der Waals surface area contributed by atoms with Crippen LogP contribution in [0.1, 0.15) is 36.8 Å². The Labute approximate surface area is 268 Å². The maximum absolute atomic E-state index is 2.55. The zero-order chi connectivity index (χ0) is 29.5. The highest BCUT2D eigenvalue weighted by atomic mass is 32.1. The molecule has 3 aliphatic rings. The Kier molecular flexibility index (Phi) is 5.51. The van der Waals surface area contributed by atoms with Crippen LogP contribution in [0.5, 0.6) is 0 Å². The van der Waals surface area contributed by atoms with E-state index >= 15 is 0 Å². The molecule has 0 saturated heterocycles. The van der Waals surface area contributed by atoms with Crippen molar-refractivity contribution in [3.05, 3.63) is 151 Å². The normalized spacial score (nSPS) is 21.1. The van der Waals surface area contributed by atoms with Gasteiger partial charge in [-0.05, 0) is 107 Å². The van der Waals surface area contributed by atoms with Crippen molar-refractivity contribution in [2.75, 3.05) is 4.90 Å². The summed E-state index contributed by atoms with van der Waals surface area (Å²) < 4.78 is 2.71. The SMILES string of the molecule is c1ccc(N(c2ccc(-c3cccc4c3sc3ccccc34)cc2)c2ccc3c(c2)C2(CC4CCC2C4)c2ccccc2-3)cc1. The summed E-state index contributed by atoms with van der Waals surface area (Å²) >= 11 is 1.90. The molecule has 2 fully saturated rings. The molecule has 10 rings (SSSR count). The van der Waals surface area contributed by atoms with E-state index in [1.807, 2.05) is 11.3 Å². The fourth-order valence-electron chi connectivity index (χ4n) is 9.31. The van der Waals surface area contributed by atoms with Gasteiger partial charge in [-0.25, -0.2) is 0 Å². The van der Waals surface area contributed by atoms with Gasteiger partial charge in [0, 0.05) is 42.6 Å². The van der Waals surface area contributed by atoms with Gasteiger partial charge in [0.15, 0.2) is 0 Å². The molecule has 0 amide bonds. The van der Waals surface area contributed by atoms with E-state index in [0.29, 0.717) is 0 Å². The molecule has 1 heterocycles. The van der Waals surface area contributed by atoms with Crippen LogP contribution in [-0.4, -0.2) is 0 Å². The molecule has 7 aromatic rings. The van der Waals surface area contributed by atoms with Crippen LogP contribution in [0.15, 0.2) is 140 Å². The number of rotatable bonds is 4. The molecular formula is C43H33NS. The number of benzene rings is 6. The van der Waals surface area contributed by atoms with Crippen molar-refractivity contribution in [3.63, 3.8) is 0 Å². The average molecular weight is 596 g/mol. The van der Waals surface area contributed by atoms with Crippen LogP contribution in [-0.2, 0) is 5.41 Å². The lowest BCUT2D eigenvalue weighted by Crippen LogP contribution is -2.31. The van der Waals surface area contributed by atoms with Crippen molar-refractivity contribution in [3.8, 4) is 22.3 Å². The topological polar surface area (TPSA) is 3.24 Å². The Morgan fingerprint density at radius 2 is 1.27 bits per heavy atom. The number of thiophene rings is 1. The summed E-state index contributed by atoms with van der Waals surface area (Å²) in [5.74, 6) is 1.61. The Bertz CT molecular complexity index is 2240. The summed E-state index contributed by atoms with van der Waals surface area (Å²) in [6.45, 7) is 0. The van der Waals surface area contributed by atoms with Crippen LogP contribution in [0.3, 0.4) is 0 Å². The van der Waals surface area contributed by atoms with Gasteiger partial charge >= 0.3 is 0 Å². The molecule has 2 saturated carbocycles. The summed E-state index contributed by atoms with van der Waals surface area (Å²) in [6, 6.07) is 52.2. The van der Waals surface area contributed by atoms with Crippen LogP contribution in [0, 0.1) is 11.8 Å². The molecule has 1 nitrogen and oxygen atoms in total. The van der Waals surface area contributed by atoms with Crippen LogP contribution < -0.4 is 4.90 Å². The van der Waals surface area contributed by atoms with Crippen molar-refractivity contribution in [1.29, 1.82) is 0 Å². The van der Waals surface area contributed by atoms with Gasteiger partial charge < -0.3 is 4.90 Å². The molecule has 3 aliphatic carbocycles. The van der Waals surface area contributed by atoms with Gasteiger partial charge in [-0.2, -0.15) is 0 Å². The van der Waals surface area contributed by atoms with Crippen molar-refractivity contribution < 1.29 is 0 Å². The maximum atomic E-state index is 2.55. The molecule has 1 spiro atoms. The third kappa shape index (κ3) is 3.66. The zero-order valence-corrected chi connectivity index (χ0v) is 25.9. The van der Waals surface area contributed by atoms with E-state index in [9.17, 15) is 0 Å². The Balaban J connectivity index is 1.10. The summed E-state index contributed by atoms with van der Waals surface area (Å²) in [5, 5.41) is 2.69. The van der Waals surface area contributed by atoms with E-state index in [4.69, 9.17) is 0 Å². The zero-order valence-electron chi connectivity index (χ0n) is 25.1. The lowest BCUT2D eigenvalue weighted by molar-refractivity contribution is 0.327. The maximum Gasteiger partial charge on any atom is 0.0465 e. The predicted octanol–water partition coefficient (Wildman–Crippen LogP) is 12.3. The average Bonchev–Trinajstić information content (AvgIpc) is 3.87. The molecule has 3 unspecified atom stereocenters. The van der Waals surface area contributed by atoms with Crippen molar-refractivity contribution in [2.45, 2.75) is 31.1 Å². The Morgan fingerprint density at radius 3 is 2.11 bits per heavy atom. The molecule has 0 radical (unpaired) electrons. The van der Waals surface area contributed by atoms with Gasteiger partial charge in [0.1, 0.15) is 0 Å². The highest BCUT2D eigenvalue weighted by Gasteiger charge is 2.56. The first-order valence-corrected chi connectivity index (χ1v) is 17.2. The Morgan fingerprint density at radius 1 is 0.556 bits per heavy atom. The number of para-hydroxylation sites is 1. The number of nitrogens with zero attached hydrogens (tertiary/aromatic N) is 1. The van der Waals surface area contributed by atoms with Gasteiger partial charge in [0.25, 0.3) is 0 Å². The van der Waals surface area contributed by atoms with Gasteiger partial charge in [-0.3, -0.25) is 0 Å². The number of fused-ring (bicyclic) bond motifs is 11. The van der Waals surface area contributed by atoms with Gasteiger partial charge in [0.05, 0.1) is 0 Å². The molecule has 45 heavy (non-hydrogen) atoms. The van der Waals surface area contributed by atoms with E-state index in [1.54, 1.807) is 11.1 Å². The van der Waals surface area contributed by atoms with Crippen molar-refractivity contribution >= 4 is 48.6 Å².